The minimum Gasteiger partial charge on any atom is -0.489 e. The summed E-state index contributed by atoms with van der Waals surface area (Å²) in [5.74, 6) is 1.12. The van der Waals surface area contributed by atoms with Crippen LogP contribution in [0.3, 0.4) is 0 Å². The fourth-order valence-corrected chi connectivity index (χ4v) is 4.04. The lowest BCUT2D eigenvalue weighted by Crippen LogP contribution is -2.28. The first kappa shape index (κ1) is 20.6. The number of aromatic nitrogens is 1. The fraction of sp³-hybridized carbons (Fsp3) is 0.0800. The lowest BCUT2D eigenvalue weighted by atomic mass is 10.2. The normalized spacial score (nSPS) is 16.2. The molecule has 1 aliphatic rings. The zero-order valence-corrected chi connectivity index (χ0v) is 17.9. The van der Waals surface area contributed by atoms with E-state index in [9.17, 15) is 4.79 Å². The number of para-hydroxylation sites is 2. The first-order chi connectivity index (χ1) is 15.2. The molecule has 0 bridgehead atoms. The molecular formula is C25H21N3O2S. The molecule has 3 aromatic rings. The van der Waals surface area contributed by atoms with E-state index < -0.39 is 0 Å². The number of pyridine rings is 1. The van der Waals surface area contributed by atoms with Gasteiger partial charge in [-0.25, -0.2) is 9.98 Å². The zero-order valence-electron chi connectivity index (χ0n) is 17.1. The summed E-state index contributed by atoms with van der Waals surface area (Å²) in [6.45, 7) is 6.00. The Kier molecular flexibility index (Phi) is 6.29. The number of carbonyl (C=O) groups excluding carboxylic acids is 1. The van der Waals surface area contributed by atoms with Gasteiger partial charge >= 0.3 is 0 Å². The van der Waals surface area contributed by atoms with Crippen molar-refractivity contribution in [3.63, 3.8) is 0 Å². The topological polar surface area (TPSA) is 54.8 Å². The van der Waals surface area contributed by atoms with Gasteiger partial charge in [-0.2, -0.15) is 0 Å². The number of benzene rings is 2. The molecule has 31 heavy (non-hydrogen) atoms. The van der Waals surface area contributed by atoms with Gasteiger partial charge in [-0.1, -0.05) is 55.1 Å². The summed E-state index contributed by atoms with van der Waals surface area (Å²) in [6, 6.07) is 22.7. The Labute approximate surface area is 185 Å². The van der Waals surface area contributed by atoms with Crippen molar-refractivity contribution in [3.05, 3.63) is 102 Å². The van der Waals surface area contributed by atoms with Crippen LogP contribution in [0.2, 0.25) is 0 Å². The number of amidine groups is 1. The molecule has 2 aromatic carbocycles. The molecule has 0 saturated carbocycles. The van der Waals surface area contributed by atoms with E-state index in [-0.39, 0.29) is 5.91 Å². The monoisotopic (exact) mass is 427 g/mol. The van der Waals surface area contributed by atoms with Gasteiger partial charge in [0, 0.05) is 11.3 Å². The van der Waals surface area contributed by atoms with Gasteiger partial charge in [-0.15, -0.1) is 0 Å². The quantitative estimate of drug-likeness (QED) is 0.371. The highest BCUT2D eigenvalue weighted by atomic mass is 32.2. The molecule has 154 valence electrons. The average Bonchev–Trinajstić information content (AvgIpc) is 3.08. The van der Waals surface area contributed by atoms with Gasteiger partial charge in [0.15, 0.2) is 11.0 Å². The second kappa shape index (κ2) is 9.45. The first-order valence-electron chi connectivity index (χ1n) is 9.80. The maximum atomic E-state index is 13.4. The predicted octanol–water partition coefficient (Wildman–Crippen LogP) is 5.76. The molecule has 0 aliphatic carbocycles. The molecule has 6 heteroatoms. The van der Waals surface area contributed by atoms with E-state index in [0.717, 1.165) is 16.9 Å². The second-order valence-corrected chi connectivity index (χ2v) is 7.76. The molecule has 0 atom stereocenters. The number of amides is 1. The van der Waals surface area contributed by atoms with Crippen molar-refractivity contribution in [2.24, 2.45) is 4.99 Å². The maximum absolute atomic E-state index is 13.4. The van der Waals surface area contributed by atoms with Crippen LogP contribution in [-0.2, 0) is 4.79 Å². The Morgan fingerprint density at radius 1 is 1.06 bits per heavy atom. The van der Waals surface area contributed by atoms with Gasteiger partial charge in [0.1, 0.15) is 12.4 Å². The molecule has 0 radical (unpaired) electrons. The molecule has 1 amide bonds. The van der Waals surface area contributed by atoms with E-state index in [2.05, 4.69) is 16.6 Å². The number of hydrogen-bond acceptors (Lipinski definition) is 5. The molecule has 1 saturated heterocycles. The average molecular weight is 428 g/mol. The molecular weight excluding hydrogens is 406 g/mol. The number of rotatable bonds is 6. The third-order valence-electron chi connectivity index (χ3n) is 4.47. The van der Waals surface area contributed by atoms with Crippen molar-refractivity contribution in [2.45, 2.75) is 6.92 Å². The van der Waals surface area contributed by atoms with Crippen LogP contribution >= 0.6 is 11.8 Å². The third kappa shape index (κ3) is 4.75. The smallest absolute Gasteiger partial charge is 0.271 e. The lowest BCUT2D eigenvalue weighted by Gasteiger charge is -2.15. The number of nitrogens with zero attached hydrogens (tertiary/aromatic N) is 3. The van der Waals surface area contributed by atoms with Crippen molar-refractivity contribution in [1.29, 1.82) is 0 Å². The SMILES string of the molecule is C=CCOc1ccccc1/C=C1\S/C(=N/c2cccc(C)n2)N(c2ccccc2)C1=O. The van der Waals surface area contributed by atoms with Crippen molar-refractivity contribution < 1.29 is 9.53 Å². The number of thioether (sulfide) groups is 1. The van der Waals surface area contributed by atoms with Crippen LogP contribution in [0.1, 0.15) is 11.3 Å². The first-order valence-corrected chi connectivity index (χ1v) is 10.6. The number of ether oxygens (including phenoxy) is 1. The van der Waals surface area contributed by atoms with Crippen LogP contribution in [0, 0.1) is 6.92 Å². The van der Waals surface area contributed by atoms with E-state index >= 15 is 0 Å². The molecule has 1 aliphatic heterocycles. The maximum Gasteiger partial charge on any atom is 0.271 e. The Hall–Kier alpha value is -3.64. The minimum absolute atomic E-state index is 0.138. The summed E-state index contributed by atoms with van der Waals surface area (Å²) in [6.07, 6.45) is 3.53. The Bertz CT molecular complexity index is 1170. The summed E-state index contributed by atoms with van der Waals surface area (Å²) < 4.78 is 5.74. The van der Waals surface area contributed by atoms with Crippen LogP contribution in [0.15, 0.2) is 95.3 Å². The second-order valence-electron chi connectivity index (χ2n) is 6.76. The molecule has 0 spiro atoms. The van der Waals surface area contributed by atoms with Crippen molar-refractivity contribution >= 4 is 40.4 Å². The summed E-state index contributed by atoms with van der Waals surface area (Å²) in [7, 11) is 0. The van der Waals surface area contributed by atoms with E-state index in [4.69, 9.17) is 4.74 Å². The van der Waals surface area contributed by atoms with Crippen LogP contribution in [0.5, 0.6) is 5.75 Å². The van der Waals surface area contributed by atoms with Crippen molar-refractivity contribution in [3.8, 4) is 5.75 Å². The highest BCUT2D eigenvalue weighted by molar-refractivity contribution is 8.19. The number of aryl methyl sites for hydroxylation is 1. The summed E-state index contributed by atoms with van der Waals surface area (Å²) in [4.78, 5) is 24.7. The van der Waals surface area contributed by atoms with E-state index in [1.54, 1.807) is 11.0 Å². The minimum atomic E-state index is -0.138. The van der Waals surface area contributed by atoms with Gasteiger partial charge < -0.3 is 4.74 Å². The molecule has 1 fully saturated rings. The largest absolute Gasteiger partial charge is 0.489 e. The fourth-order valence-electron chi connectivity index (χ4n) is 3.06. The van der Waals surface area contributed by atoms with Crippen LogP contribution in [0.25, 0.3) is 6.08 Å². The Morgan fingerprint density at radius 3 is 2.61 bits per heavy atom. The highest BCUT2D eigenvalue weighted by Crippen LogP contribution is 2.38. The standard InChI is InChI=1S/C25H21N3O2S/c1-3-16-30-21-14-8-7-11-19(21)17-22-24(29)28(20-12-5-4-6-13-20)25(31-22)27-23-15-9-10-18(2)26-23/h3-15,17H,1,16H2,2H3/b22-17-,27-25+. The Balaban J connectivity index is 1.76. The van der Waals surface area contributed by atoms with Gasteiger partial charge in [0.2, 0.25) is 0 Å². The third-order valence-corrected chi connectivity index (χ3v) is 5.44. The van der Waals surface area contributed by atoms with Crippen LogP contribution in [0.4, 0.5) is 11.5 Å². The number of hydrogen-bond donors (Lipinski definition) is 0. The van der Waals surface area contributed by atoms with Crippen LogP contribution in [-0.4, -0.2) is 22.7 Å². The zero-order chi connectivity index (χ0) is 21.6. The summed E-state index contributed by atoms with van der Waals surface area (Å²) >= 11 is 1.32. The molecule has 1 aromatic heterocycles. The van der Waals surface area contributed by atoms with E-state index in [0.29, 0.717) is 28.2 Å². The molecule has 0 unspecified atom stereocenters. The van der Waals surface area contributed by atoms with Crippen molar-refractivity contribution in [1.82, 2.24) is 4.98 Å². The lowest BCUT2D eigenvalue weighted by molar-refractivity contribution is -0.113. The predicted molar refractivity (Wildman–Crippen MR) is 128 cm³/mol. The molecule has 2 heterocycles. The molecule has 0 N–H and O–H groups in total. The molecule has 4 rings (SSSR count). The number of anilines is 1. The number of carbonyl (C=O) groups is 1. The van der Waals surface area contributed by atoms with Crippen LogP contribution < -0.4 is 9.64 Å². The molecule has 5 nitrogen and oxygen atoms in total. The van der Waals surface area contributed by atoms with Gasteiger partial charge in [-0.05, 0) is 55.1 Å². The van der Waals surface area contributed by atoms with Gasteiger partial charge in [0.25, 0.3) is 5.91 Å². The van der Waals surface area contributed by atoms with E-state index in [1.165, 1.54) is 11.8 Å². The summed E-state index contributed by atoms with van der Waals surface area (Å²) in [5, 5.41) is 0.560. The summed E-state index contributed by atoms with van der Waals surface area (Å²) in [5.41, 5.74) is 2.45. The Morgan fingerprint density at radius 2 is 1.84 bits per heavy atom. The van der Waals surface area contributed by atoms with Gasteiger partial charge in [-0.3, -0.25) is 9.69 Å². The van der Waals surface area contributed by atoms with Crippen molar-refractivity contribution in [2.75, 3.05) is 11.5 Å². The highest BCUT2D eigenvalue weighted by Gasteiger charge is 2.35. The number of aliphatic imine (C=N–C) groups is 1. The van der Waals surface area contributed by atoms with E-state index in [1.807, 2.05) is 85.8 Å². The van der Waals surface area contributed by atoms with Gasteiger partial charge in [0.05, 0.1) is 10.6 Å².